The van der Waals surface area contributed by atoms with Crippen molar-refractivity contribution in [3.63, 3.8) is 0 Å². The van der Waals surface area contributed by atoms with Gasteiger partial charge in [-0.2, -0.15) is 8.78 Å². The molecule has 0 radical (unpaired) electrons. The number of benzene rings is 1. The number of hydrogen-bond acceptors (Lipinski definition) is 4. The Kier molecular flexibility index (Phi) is 5.72. The van der Waals surface area contributed by atoms with Gasteiger partial charge in [0.05, 0.1) is 6.61 Å². The number of hydrogen-bond donors (Lipinski definition) is 1. The molecule has 0 bridgehead atoms. The second-order valence-corrected chi connectivity index (χ2v) is 3.39. The second-order valence-electron chi connectivity index (χ2n) is 3.39. The van der Waals surface area contributed by atoms with E-state index < -0.39 is 18.5 Å². The van der Waals surface area contributed by atoms with Gasteiger partial charge in [0.25, 0.3) is 5.91 Å². The molecule has 0 unspecified atom stereocenters. The number of carbonyl (C=O) groups excluding carboxylic acids is 2. The molecule has 0 heterocycles. The van der Waals surface area contributed by atoms with Crippen LogP contribution in [0.15, 0.2) is 24.3 Å². The van der Waals surface area contributed by atoms with Crippen LogP contribution in [0.4, 0.5) is 8.78 Å². The van der Waals surface area contributed by atoms with Gasteiger partial charge in [0.15, 0.2) is 0 Å². The Morgan fingerprint density at radius 2 is 2.11 bits per heavy atom. The fourth-order valence-electron chi connectivity index (χ4n) is 1.28. The molecular formula is C12H13F2NO4. The fraction of sp³-hybridized carbons (Fsp3) is 0.333. The molecule has 0 atom stereocenters. The van der Waals surface area contributed by atoms with Crippen LogP contribution in [0.1, 0.15) is 17.3 Å². The van der Waals surface area contributed by atoms with Crippen LogP contribution >= 0.6 is 0 Å². The minimum atomic E-state index is -2.96. The van der Waals surface area contributed by atoms with Crippen molar-refractivity contribution < 1.29 is 27.8 Å². The van der Waals surface area contributed by atoms with E-state index in [0.29, 0.717) is 0 Å². The van der Waals surface area contributed by atoms with E-state index in [-0.39, 0.29) is 24.5 Å². The van der Waals surface area contributed by atoms with E-state index >= 15 is 0 Å². The highest BCUT2D eigenvalue weighted by Crippen LogP contribution is 2.15. The lowest BCUT2D eigenvalue weighted by Crippen LogP contribution is -2.30. The summed E-state index contributed by atoms with van der Waals surface area (Å²) in [6, 6.07) is 5.27. The van der Waals surface area contributed by atoms with Crippen molar-refractivity contribution in [3.8, 4) is 5.75 Å². The quantitative estimate of drug-likeness (QED) is 0.799. The molecule has 1 aromatic rings. The molecule has 0 spiro atoms. The van der Waals surface area contributed by atoms with Crippen LogP contribution in [0, 0.1) is 0 Å². The number of amides is 1. The Morgan fingerprint density at radius 1 is 1.37 bits per heavy atom. The van der Waals surface area contributed by atoms with Crippen molar-refractivity contribution in [2.75, 3.05) is 13.2 Å². The average molecular weight is 273 g/mol. The molecule has 0 saturated carbocycles. The number of carbonyl (C=O) groups is 2. The first-order valence-corrected chi connectivity index (χ1v) is 5.51. The summed E-state index contributed by atoms with van der Waals surface area (Å²) in [6.45, 7) is -1.39. The highest BCUT2D eigenvalue weighted by molar-refractivity contribution is 5.96. The van der Waals surface area contributed by atoms with Crippen LogP contribution < -0.4 is 10.1 Å². The summed E-state index contributed by atoms with van der Waals surface area (Å²) in [4.78, 5) is 22.7. The molecule has 7 heteroatoms. The fourth-order valence-corrected chi connectivity index (χ4v) is 1.28. The van der Waals surface area contributed by atoms with E-state index in [9.17, 15) is 18.4 Å². The average Bonchev–Trinajstić information content (AvgIpc) is 2.36. The highest BCUT2D eigenvalue weighted by atomic mass is 19.3. The Hall–Kier alpha value is -2.18. The van der Waals surface area contributed by atoms with Gasteiger partial charge in [-0.25, -0.2) is 0 Å². The standard InChI is InChI=1S/C12H13F2NO4/c1-2-18-10(16)7-15-11(17)8-4-3-5-9(6-8)19-12(13)14/h3-6,12H,2,7H2,1H3,(H,15,17). The van der Waals surface area contributed by atoms with E-state index in [0.717, 1.165) is 6.07 Å². The molecule has 0 aliphatic carbocycles. The molecular weight excluding hydrogens is 260 g/mol. The number of nitrogens with one attached hydrogen (secondary N) is 1. The molecule has 1 amide bonds. The van der Waals surface area contributed by atoms with Crippen molar-refractivity contribution in [1.29, 1.82) is 0 Å². The summed E-state index contributed by atoms with van der Waals surface area (Å²) < 4.78 is 32.8. The van der Waals surface area contributed by atoms with Gasteiger partial charge in [0, 0.05) is 5.56 Å². The number of rotatable bonds is 6. The van der Waals surface area contributed by atoms with E-state index in [4.69, 9.17) is 0 Å². The summed E-state index contributed by atoms with van der Waals surface area (Å²) in [5.41, 5.74) is 0.113. The van der Waals surface area contributed by atoms with E-state index in [1.54, 1.807) is 6.92 Å². The van der Waals surface area contributed by atoms with Crippen LogP contribution in [0.5, 0.6) is 5.75 Å². The molecule has 0 saturated heterocycles. The lowest BCUT2D eigenvalue weighted by Gasteiger charge is -2.07. The van der Waals surface area contributed by atoms with Gasteiger partial charge in [-0.1, -0.05) is 6.07 Å². The third-order valence-corrected chi connectivity index (χ3v) is 2.02. The van der Waals surface area contributed by atoms with Crippen molar-refractivity contribution >= 4 is 11.9 Å². The number of esters is 1. The first-order chi connectivity index (χ1) is 9.02. The lowest BCUT2D eigenvalue weighted by atomic mass is 10.2. The number of halogens is 2. The van der Waals surface area contributed by atoms with Crippen LogP contribution in [0.3, 0.4) is 0 Å². The molecule has 0 aliphatic heterocycles. The van der Waals surface area contributed by atoms with Crippen molar-refractivity contribution in [2.45, 2.75) is 13.5 Å². The maximum Gasteiger partial charge on any atom is 0.387 e. The monoisotopic (exact) mass is 273 g/mol. The molecule has 1 aromatic carbocycles. The highest BCUT2D eigenvalue weighted by Gasteiger charge is 2.11. The van der Waals surface area contributed by atoms with E-state index in [2.05, 4.69) is 14.8 Å². The Bertz CT molecular complexity index is 451. The normalized spacial score (nSPS) is 10.1. The Labute approximate surface area is 108 Å². The van der Waals surface area contributed by atoms with Crippen LogP contribution in [0.25, 0.3) is 0 Å². The first kappa shape index (κ1) is 14.9. The lowest BCUT2D eigenvalue weighted by molar-refractivity contribution is -0.141. The number of ether oxygens (including phenoxy) is 2. The van der Waals surface area contributed by atoms with Gasteiger partial charge >= 0.3 is 12.6 Å². The van der Waals surface area contributed by atoms with Crippen LogP contribution in [-0.2, 0) is 9.53 Å². The maximum absolute atomic E-state index is 12.0. The van der Waals surface area contributed by atoms with Crippen LogP contribution in [-0.4, -0.2) is 31.6 Å². The molecule has 0 fully saturated rings. The van der Waals surface area contributed by atoms with Crippen molar-refractivity contribution in [2.24, 2.45) is 0 Å². The molecule has 5 nitrogen and oxygen atoms in total. The number of alkyl halides is 2. The summed E-state index contributed by atoms with van der Waals surface area (Å²) in [5.74, 6) is -1.28. The zero-order valence-corrected chi connectivity index (χ0v) is 10.2. The summed E-state index contributed by atoms with van der Waals surface area (Å²) >= 11 is 0. The Morgan fingerprint density at radius 3 is 2.74 bits per heavy atom. The van der Waals surface area contributed by atoms with Crippen LogP contribution in [0.2, 0.25) is 0 Å². The molecule has 0 aromatic heterocycles. The van der Waals surface area contributed by atoms with Crippen molar-refractivity contribution in [3.05, 3.63) is 29.8 Å². The third-order valence-electron chi connectivity index (χ3n) is 2.02. The van der Waals surface area contributed by atoms with Gasteiger partial charge in [0.1, 0.15) is 12.3 Å². The van der Waals surface area contributed by atoms with Gasteiger partial charge in [-0.3, -0.25) is 9.59 Å². The van der Waals surface area contributed by atoms with Gasteiger partial charge in [-0.05, 0) is 25.1 Å². The Balaban J connectivity index is 2.59. The van der Waals surface area contributed by atoms with E-state index in [1.807, 2.05) is 0 Å². The van der Waals surface area contributed by atoms with Gasteiger partial charge < -0.3 is 14.8 Å². The molecule has 1 rings (SSSR count). The predicted molar refractivity (Wildman–Crippen MR) is 62.0 cm³/mol. The SMILES string of the molecule is CCOC(=O)CNC(=O)c1cccc(OC(F)F)c1. The molecule has 0 aliphatic rings. The summed E-state index contributed by atoms with van der Waals surface area (Å²) in [7, 11) is 0. The van der Waals surface area contributed by atoms with Gasteiger partial charge in [0.2, 0.25) is 0 Å². The second kappa shape index (κ2) is 7.30. The molecule has 104 valence electrons. The summed E-state index contributed by atoms with van der Waals surface area (Å²) in [5, 5.41) is 2.31. The molecule has 19 heavy (non-hydrogen) atoms. The minimum absolute atomic E-state index is 0.113. The zero-order valence-electron chi connectivity index (χ0n) is 10.2. The zero-order chi connectivity index (χ0) is 14.3. The first-order valence-electron chi connectivity index (χ1n) is 5.51. The maximum atomic E-state index is 12.0. The predicted octanol–water partition coefficient (Wildman–Crippen LogP) is 1.58. The van der Waals surface area contributed by atoms with Crippen molar-refractivity contribution in [1.82, 2.24) is 5.32 Å². The minimum Gasteiger partial charge on any atom is -0.465 e. The van der Waals surface area contributed by atoms with Gasteiger partial charge in [-0.15, -0.1) is 0 Å². The topological polar surface area (TPSA) is 64.6 Å². The van der Waals surface area contributed by atoms with E-state index in [1.165, 1.54) is 18.2 Å². The third kappa shape index (κ3) is 5.33. The largest absolute Gasteiger partial charge is 0.465 e. The smallest absolute Gasteiger partial charge is 0.387 e. The summed E-state index contributed by atoms with van der Waals surface area (Å²) in [6.07, 6.45) is 0. The molecule has 1 N–H and O–H groups in total.